The second-order valence-corrected chi connectivity index (χ2v) is 4.34. The molecule has 3 rings (SSSR count). The fourth-order valence-electron chi connectivity index (χ4n) is 1.94. The van der Waals surface area contributed by atoms with Crippen molar-refractivity contribution in [2.45, 2.75) is 0 Å². The molecule has 0 saturated heterocycles. The van der Waals surface area contributed by atoms with Crippen molar-refractivity contribution in [3.63, 3.8) is 0 Å². The number of halogens is 1. The Morgan fingerprint density at radius 3 is 2.26 bits per heavy atom. The minimum atomic E-state index is 0.450. The van der Waals surface area contributed by atoms with Crippen LogP contribution in [0.15, 0.2) is 61.2 Å². The van der Waals surface area contributed by atoms with E-state index in [1.54, 1.807) is 18.6 Å². The number of rotatable bonds is 2. The molecule has 0 aliphatic rings. The third-order valence-electron chi connectivity index (χ3n) is 2.79. The molecule has 4 heteroatoms. The van der Waals surface area contributed by atoms with Gasteiger partial charge in [0.15, 0.2) is 0 Å². The van der Waals surface area contributed by atoms with Crippen LogP contribution in [-0.2, 0) is 0 Å². The van der Waals surface area contributed by atoms with Crippen LogP contribution in [-0.4, -0.2) is 15.0 Å². The van der Waals surface area contributed by atoms with Gasteiger partial charge in [-0.1, -0.05) is 23.7 Å². The number of pyridine rings is 3. The minimum Gasteiger partial charge on any atom is -0.264 e. The summed E-state index contributed by atoms with van der Waals surface area (Å²) in [5.74, 6) is 0. The molecule has 0 bridgehead atoms. The number of nitrogens with zero attached hydrogens (tertiary/aromatic N) is 3. The van der Waals surface area contributed by atoms with E-state index in [0.717, 1.165) is 22.4 Å². The average molecular weight is 268 g/mol. The van der Waals surface area contributed by atoms with Crippen molar-refractivity contribution >= 4 is 11.6 Å². The predicted octanol–water partition coefficient (Wildman–Crippen LogP) is 3.86. The maximum absolute atomic E-state index is 6.15. The van der Waals surface area contributed by atoms with E-state index in [9.17, 15) is 0 Å². The van der Waals surface area contributed by atoms with Gasteiger partial charge < -0.3 is 0 Å². The molecule has 3 aromatic rings. The topological polar surface area (TPSA) is 38.7 Å². The monoisotopic (exact) mass is 267 g/mol. The van der Waals surface area contributed by atoms with E-state index in [2.05, 4.69) is 15.0 Å². The summed E-state index contributed by atoms with van der Waals surface area (Å²) in [6.45, 7) is 0. The highest BCUT2D eigenvalue weighted by molar-refractivity contribution is 6.32. The van der Waals surface area contributed by atoms with E-state index >= 15 is 0 Å². The molecule has 0 unspecified atom stereocenters. The van der Waals surface area contributed by atoms with Crippen molar-refractivity contribution < 1.29 is 0 Å². The van der Waals surface area contributed by atoms with Crippen LogP contribution < -0.4 is 0 Å². The first-order chi connectivity index (χ1) is 9.36. The zero-order chi connectivity index (χ0) is 13.1. The van der Waals surface area contributed by atoms with Crippen LogP contribution in [0.4, 0.5) is 0 Å². The van der Waals surface area contributed by atoms with Gasteiger partial charge in [0.2, 0.25) is 0 Å². The van der Waals surface area contributed by atoms with Gasteiger partial charge in [-0.2, -0.15) is 0 Å². The first-order valence-corrected chi connectivity index (χ1v) is 6.20. The molecule has 19 heavy (non-hydrogen) atoms. The van der Waals surface area contributed by atoms with E-state index in [4.69, 9.17) is 11.6 Å². The molecule has 3 aromatic heterocycles. The minimum absolute atomic E-state index is 0.450. The van der Waals surface area contributed by atoms with Gasteiger partial charge in [0, 0.05) is 41.5 Å². The predicted molar refractivity (Wildman–Crippen MR) is 75.7 cm³/mol. The Balaban J connectivity index is 2.21. The standard InChI is InChI=1S/C15H10ClN3/c16-15-13(6-3-9-19-15)14-12(5-2-8-18-14)11-4-1-7-17-10-11/h1-10H. The van der Waals surface area contributed by atoms with Crippen molar-refractivity contribution in [1.29, 1.82) is 0 Å². The zero-order valence-electron chi connectivity index (χ0n) is 9.99. The summed E-state index contributed by atoms with van der Waals surface area (Å²) in [5, 5.41) is 0.450. The summed E-state index contributed by atoms with van der Waals surface area (Å²) in [6.07, 6.45) is 6.97. The van der Waals surface area contributed by atoms with Crippen molar-refractivity contribution in [2.75, 3.05) is 0 Å². The van der Waals surface area contributed by atoms with E-state index in [0.29, 0.717) is 5.15 Å². The largest absolute Gasteiger partial charge is 0.264 e. The van der Waals surface area contributed by atoms with Crippen molar-refractivity contribution in [3.05, 3.63) is 66.3 Å². The molecule has 0 aliphatic heterocycles. The molecular formula is C15H10ClN3. The highest BCUT2D eigenvalue weighted by Crippen LogP contribution is 2.32. The number of hydrogen-bond donors (Lipinski definition) is 0. The van der Waals surface area contributed by atoms with Crippen LogP contribution in [0.1, 0.15) is 0 Å². The Morgan fingerprint density at radius 1 is 0.789 bits per heavy atom. The second kappa shape index (κ2) is 5.16. The molecule has 0 aliphatic carbocycles. The molecule has 0 radical (unpaired) electrons. The lowest BCUT2D eigenvalue weighted by molar-refractivity contribution is 1.27. The van der Waals surface area contributed by atoms with Crippen LogP contribution >= 0.6 is 11.6 Å². The normalized spacial score (nSPS) is 10.4. The van der Waals surface area contributed by atoms with Gasteiger partial charge in [0.1, 0.15) is 5.15 Å². The molecule has 0 aromatic carbocycles. The van der Waals surface area contributed by atoms with Gasteiger partial charge in [-0.05, 0) is 24.3 Å². The lowest BCUT2D eigenvalue weighted by Crippen LogP contribution is -1.91. The van der Waals surface area contributed by atoms with Crippen LogP contribution in [0.2, 0.25) is 5.15 Å². The Labute approximate surface area is 116 Å². The van der Waals surface area contributed by atoms with E-state index < -0.39 is 0 Å². The molecule has 3 heterocycles. The summed E-state index contributed by atoms with van der Waals surface area (Å²) in [6, 6.07) is 11.6. The molecule has 0 atom stereocenters. The Bertz CT molecular complexity index is 699. The van der Waals surface area contributed by atoms with Crippen LogP contribution in [0.5, 0.6) is 0 Å². The maximum Gasteiger partial charge on any atom is 0.138 e. The molecule has 0 amide bonds. The summed E-state index contributed by atoms with van der Waals surface area (Å²) >= 11 is 6.15. The smallest absolute Gasteiger partial charge is 0.138 e. The first-order valence-electron chi connectivity index (χ1n) is 5.82. The highest BCUT2D eigenvalue weighted by Gasteiger charge is 2.11. The molecule has 3 nitrogen and oxygen atoms in total. The summed E-state index contributed by atoms with van der Waals surface area (Å²) in [5.41, 5.74) is 3.63. The van der Waals surface area contributed by atoms with Crippen LogP contribution in [0, 0.1) is 0 Å². The molecule has 0 N–H and O–H groups in total. The van der Waals surface area contributed by atoms with E-state index in [-0.39, 0.29) is 0 Å². The summed E-state index contributed by atoms with van der Waals surface area (Å²) in [4.78, 5) is 12.7. The molecule has 0 fully saturated rings. The van der Waals surface area contributed by atoms with Gasteiger partial charge in [-0.25, -0.2) is 4.98 Å². The highest BCUT2D eigenvalue weighted by atomic mass is 35.5. The van der Waals surface area contributed by atoms with Crippen molar-refractivity contribution in [3.8, 4) is 22.4 Å². The zero-order valence-corrected chi connectivity index (χ0v) is 10.7. The maximum atomic E-state index is 6.15. The van der Waals surface area contributed by atoms with Gasteiger partial charge in [-0.3, -0.25) is 9.97 Å². The molecule has 0 saturated carbocycles. The first kappa shape index (κ1) is 11.8. The van der Waals surface area contributed by atoms with Gasteiger partial charge >= 0.3 is 0 Å². The summed E-state index contributed by atoms with van der Waals surface area (Å²) < 4.78 is 0. The second-order valence-electron chi connectivity index (χ2n) is 3.98. The lowest BCUT2D eigenvalue weighted by Gasteiger charge is -2.09. The Morgan fingerprint density at radius 2 is 1.53 bits per heavy atom. The van der Waals surface area contributed by atoms with Crippen molar-refractivity contribution in [2.24, 2.45) is 0 Å². The van der Waals surface area contributed by atoms with Gasteiger partial charge in [0.25, 0.3) is 0 Å². The van der Waals surface area contributed by atoms with E-state index in [1.165, 1.54) is 0 Å². The fourth-order valence-corrected chi connectivity index (χ4v) is 2.15. The van der Waals surface area contributed by atoms with Crippen molar-refractivity contribution in [1.82, 2.24) is 15.0 Å². The third kappa shape index (κ3) is 2.33. The quantitative estimate of drug-likeness (QED) is 0.662. The van der Waals surface area contributed by atoms with Gasteiger partial charge in [0.05, 0.1) is 5.69 Å². The number of aromatic nitrogens is 3. The summed E-state index contributed by atoms with van der Waals surface area (Å²) in [7, 11) is 0. The Hall–Kier alpha value is -2.26. The lowest BCUT2D eigenvalue weighted by atomic mass is 10.0. The fraction of sp³-hybridized carbons (Fsp3) is 0. The van der Waals surface area contributed by atoms with E-state index in [1.807, 2.05) is 42.6 Å². The molecule has 92 valence electrons. The van der Waals surface area contributed by atoms with Crippen LogP contribution in [0.25, 0.3) is 22.4 Å². The van der Waals surface area contributed by atoms with Crippen LogP contribution in [0.3, 0.4) is 0 Å². The average Bonchev–Trinajstić information content (AvgIpc) is 2.49. The molecule has 0 spiro atoms. The Kier molecular flexibility index (Phi) is 3.21. The number of hydrogen-bond acceptors (Lipinski definition) is 3. The van der Waals surface area contributed by atoms with Gasteiger partial charge in [-0.15, -0.1) is 0 Å². The SMILES string of the molecule is Clc1ncccc1-c1ncccc1-c1cccnc1. The third-order valence-corrected chi connectivity index (χ3v) is 3.10. The molecular weight excluding hydrogens is 258 g/mol.